The molecule has 208 valence electrons. The van der Waals surface area contributed by atoms with Gasteiger partial charge in [0.05, 0.1) is 18.2 Å². The molecule has 2 aromatic carbocycles. The number of hydrogen-bond donors (Lipinski definition) is 1. The minimum absolute atomic E-state index is 0.266. The number of anilines is 1. The van der Waals surface area contributed by atoms with E-state index in [0.29, 0.717) is 48.5 Å². The first kappa shape index (κ1) is 27.5. The maximum absolute atomic E-state index is 11.6. The van der Waals surface area contributed by atoms with Gasteiger partial charge in [0.1, 0.15) is 37.7 Å². The van der Waals surface area contributed by atoms with E-state index in [1.807, 2.05) is 29.3 Å². The molecule has 2 aliphatic heterocycles. The van der Waals surface area contributed by atoms with Gasteiger partial charge in [-0.15, -0.1) is 0 Å². The van der Waals surface area contributed by atoms with E-state index >= 15 is 0 Å². The van der Waals surface area contributed by atoms with E-state index in [1.54, 1.807) is 36.1 Å². The fraction of sp³-hybridized carbons (Fsp3) is 0.423. The first-order valence-electron chi connectivity index (χ1n) is 12.7. The minimum atomic E-state index is -1.16. The van der Waals surface area contributed by atoms with E-state index in [-0.39, 0.29) is 12.6 Å². The van der Waals surface area contributed by atoms with Crippen LogP contribution < -0.4 is 15.1 Å². The Morgan fingerprint density at radius 1 is 1.15 bits per heavy atom. The van der Waals surface area contributed by atoms with Gasteiger partial charge in [-0.05, 0) is 43.3 Å². The predicted octanol–water partition coefficient (Wildman–Crippen LogP) is 3.72. The number of ether oxygens (including phenoxy) is 4. The van der Waals surface area contributed by atoms with Gasteiger partial charge in [-0.1, -0.05) is 29.3 Å². The van der Waals surface area contributed by atoms with E-state index in [4.69, 9.17) is 42.1 Å². The molecule has 0 radical (unpaired) electrons. The third-order valence-electron chi connectivity index (χ3n) is 6.48. The zero-order valence-corrected chi connectivity index (χ0v) is 23.0. The molecule has 0 bridgehead atoms. The zero-order chi connectivity index (χ0) is 27.2. The zero-order valence-electron chi connectivity index (χ0n) is 21.5. The van der Waals surface area contributed by atoms with E-state index in [2.05, 4.69) is 20.4 Å². The maximum Gasteiger partial charge on any atom is 0.421 e. The molecule has 1 N–H and O–H groups in total. The SMILES string of the molecule is CCOC(=O)NN1CCN(c2ccc(OC[C@@H]3CO[C@@](Cn4cncn4)(c4ccc(Cl)cc4Cl)O3)cc2)CC1. The van der Waals surface area contributed by atoms with Crippen LogP contribution in [0.5, 0.6) is 5.75 Å². The lowest BCUT2D eigenvalue weighted by Gasteiger charge is -2.35. The largest absolute Gasteiger partial charge is 0.491 e. The van der Waals surface area contributed by atoms with Crippen LogP contribution in [0.4, 0.5) is 10.5 Å². The number of halogens is 2. The molecule has 1 aromatic heterocycles. The Balaban J connectivity index is 1.16. The lowest BCUT2D eigenvalue weighted by atomic mass is 10.1. The van der Waals surface area contributed by atoms with Crippen LogP contribution in [0.25, 0.3) is 0 Å². The highest BCUT2D eigenvalue weighted by atomic mass is 35.5. The molecule has 2 atom stereocenters. The molecule has 0 aliphatic carbocycles. The van der Waals surface area contributed by atoms with Crippen molar-refractivity contribution in [2.45, 2.75) is 25.4 Å². The molecule has 2 fully saturated rings. The van der Waals surface area contributed by atoms with Crippen molar-refractivity contribution in [3.8, 4) is 5.75 Å². The Kier molecular flexibility index (Phi) is 8.73. The normalized spacial score (nSPS) is 21.6. The van der Waals surface area contributed by atoms with Gasteiger partial charge in [0.25, 0.3) is 0 Å². The molecule has 1 amide bonds. The van der Waals surface area contributed by atoms with Crippen molar-refractivity contribution in [3.63, 3.8) is 0 Å². The van der Waals surface area contributed by atoms with Crippen molar-refractivity contribution < 1.29 is 23.7 Å². The minimum Gasteiger partial charge on any atom is -0.491 e. The summed E-state index contributed by atoms with van der Waals surface area (Å²) in [5, 5.41) is 7.04. The molecule has 0 spiro atoms. The number of piperazine rings is 1. The van der Waals surface area contributed by atoms with Gasteiger partial charge >= 0.3 is 6.09 Å². The number of hydrazine groups is 1. The maximum atomic E-state index is 11.6. The van der Waals surface area contributed by atoms with Crippen molar-refractivity contribution in [3.05, 3.63) is 70.7 Å². The van der Waals surface area contributed by atoms with E-state index in [0.717, 1.165) is 24.5 Å². The molecule has 0 unspecified atom stereocenters. The first-order valence-corrected chi connectivity index (χ1v) is 13.5. The lowest BCUT2D eigenvalue weighted by molar-refractivity contribution is -0.190. The van der Waals surface area contributed by atoms with E-state index in [9.17, 15) is 4.79 Å². The number of carbonyl (C=O) groups is 1. The van der Waals surface area contributed by atoms with Crippen LogP contribution in [-0.2, 0) is 26.5 Å². The summed E-state index contributed by atoms with van der Waals surface area (Å²) < 4.78 is 25.2. The Bertz CT molecular complexity index is 1240. The lowest BCUT2D eigenvalue weighted by Crippen LogP contribution is -2.53. The molecule has 0 saturated carbocycles. The first-order chi connectivity index (χ1) is 18.9. The molecule has 3 heterocycles. The number of rotatable bonds is 9. The van der Waals surface area contributed by atoms with Gasteiger partial charge < -0.3 is 23.8 Å². The third-order valence-corrected chi connectivity index (χ3v) is 7.03. The van der Waals surface area contributed by atoms with E-state index in [1.165, 1.54) is 6.33 Å². The summed E-state index contributed by atoms with van der Waals surface area (Å²) >= 11 is 12.6. The van der Waals surface area contributed by atoms with Crippen LogP contribution in [0.15, 0.2) is 55.1 Å². The Labute approximate surface area is 236 Å². The van der Waals surface area contributed by atoms with Crippen LogP contribution in [0.3, 0.4) is 0 Å². The summed E-state index contributed by atoms with van der Waals surface area (Å²) in [5.74, 6) is -0.430. The number of hydrogen-bond acceptors (Lipinski definition) is 9. The van der Waals surface area contributed by atoms with Crippen molar-refractivity contribution in [1.82, 2.24) is 25.2 Å². The van der Waals surface area contributed by atoms with Crippen LogP contribution in [0.2, 0.25) is 10.0 Å². The number of amides is 1. The second kappa shape index (κ2) is 12.4. The van der Waals surface area contributed by atoms with Crippen molar-refractivity contribution in [2.75, 3.05) is 50.9 Å². The van der Waals surface area contributed by atoms with Gasteiger partial charge in [-0.3, -0.25) is 5.43 Å². The smallest absolute Gasteiger partial charge is 0.421 e. The quantitative estimate of drug-likeness (QED) is 0.408. The molecule has 5 rings (SSSR count). The van der Waals surface area contributed by atoms with Crippen LogP contribution in [-0.4, -0.2) is 78.0 Å². The number of benzene rings is 2. The molecular formula is C26H30Cl2N6O5. The van der Waals surface area contributed by atoms with Gasteiger partial charge in [0, 0.05) is 42.5 Å². The fourth-order valence-electron chi connectivity index (χ4n) is 4.59. The van der Waals surface area contributed by atoms with Gasteiger partial charge in [0.15, 0.2) is 0 Å². The second-order valence-electron chi connectivity index (χ2n) is 9.13. The molecule has 3 aromatic rings. The predicted molar refractivity (Wildman–Crippen MR) is 145 cm³/mol. The Morgan fingerprint density at radius 3 is 2.64 bits per heavy atom. The van der Waals surface area contributed by atoms with Crippen LogP contribution >= 0.6 is 23.2 Å². The fourth-order valence-corrected chi connectivity index (χ4v) is 5.15. The summed E-state index contributed by atoms with van der Waals surface area (Å²) in [4.78, 5) is 17.9. The molecular weight excluding hydrogens is 547 g/mol. The van der Waals surface area contributed by atoms with Gasteiger partial charge in [0.2, 0.25) is 5.79 Å². The average molecular weight is 577 g/mol. The number of aromatic nitrogens is 3. The van der Waals surface area contributed by atoms with Crippen molar-refractivity contribution in [1.29, 1.82) is 0 Å². The molecule has 2 saturated heterocycles. The highest BCUT2D eigenvalue weighted by Gasteiger charge is 2.45. The summed E-state index contributed by atoms with van der Waals surface area (Å²) in [5.41, 5.74) is 4.51. The molecule has 13 heteroatoms. The average Bonchev–Trinajstić information content (AvgIpc) is 3.59. The third kappa shape index (κ3) is 6.74. The highest BCUT2D eigenvalue weighted by molar-refractivity contribution is 6.35. The monoisotopic (exact) mass is 576 g/mol. The summed E-state index contributed by atoms with van der Waals surface area (Å²) in [6.07, 6.45) is 2.30. The van der Waals surface area contributed by atoms with Gasteiger partial charge in [-0.2, -0.15) is 5.10 Å². The molecule has 2 aliphatic rings. The van der Waals surface area contributed by atoms with Crippen LogP contribution in [0.1, 0.15) is 12.5 Å². The van der Waals surface area contributed by atoms with Gasteiger partial charge in [-0.25, -0.2) is 19.5 Å². The Morgan fingerprint density at radius 2 is 1.95 bits per heavy atom. The number of carbonyl (C=O) groups excluding carboxylic acids is 1. The standard InChI is InChI=1S/C26H30Cl2N6O5/c1-2-36-25(35)31-33-11-9-32(10-12-33)20-4-6-21(7-5-20)37-14-22-15-38-26(39-22,16-34-18-29-17-30-34)23-8-3-19(27)13-24(23)28/h3-8,13,17-18,22H,2,9-12,14-16H2,1H3,(H,31,35)/t22-,26-/m1/s1. The summed E-state index contributed by atoms with van der Waals surface area (Å²) in [7, 11) is 0. The van der Waals surface area contributed by atoms with E-state index < -0.39 is 11.9 Å². The number of nitrogens with one attached hydrogen (secondary N) is 1. The van der Waals surface area contributed by atoms with Crippen molar-refractivity contribution >= 4 is 35.0 Å². The highest BCUT2D eigenvalue weighted by Crippen LogP contribution is 2.40. The molecule has 11 nitrogen and oxygen atoms in total. The Hall–Kier alpha value is -3.09. The summed E-state index contributed by atoms with van der Waals surface area (Å²) in [6, 6.07) is 13.1. The summed E-state index contributed by atoms with van der Waals surface area (Å²) in [6.45, 7) is 5.96. The number of nitrogens with zero attached hydrogens (tertiary/aromatic N) is 5. The molecule has 39 heavy (non-hydrogen) atoms. The topological polar surface area (TPSA) is 103 Å². The van der Waals surface area contributed by atoms with Crippen molar-refractivity contribution in [2.24, 2.45) is 0 Å². The van der Waals surface area contributed by atoms with Crippen LogP contribution in [0, 0.1) is 0 Å². The second-order valence-corrected chi connectivity index (χ2v) is 9.98.